The molecule has 0 saturated carbocycles. The van der Waals surface area contributed by atoms with Crippen LogP contribution in [-0.2, 0) is 16.0 Å². The third-order valence-electron chi connectivity index (χ3n) is 2.56. The molecule has 0 heterocycles. The van der Waals surface area contributed by atoms with E-state index >= 15 is 0 Å². The van der Waals surface area contributed by atoms with Crippen LogP contribution in [-0.4, -0.2) is 29.5 Å². The number of halogens is 2. The summed E-state index contributed by atoms with van der Waals surface area (Å²) >= 11 is 0. The van der Waals surface area contributed by atoms with Crippen molar-refractivity contribution < 1.29 is 23.5 Å². The molecule has 0 bridgehead atoms. The van der Waals surface area contributed by atoms with Crippen LogP contribution >= 0.6 is 0 Å². The van der Waals surface area contributed by atoms with Crippen molar-refractivity contribution in [3.63, 3.8) is 0 Å². The summed E-state index contributed by atoms with van der Waals surface area (Å²) in [6.07, 6.45) is -0.430. The minimum atomic E-state index is -1.10. The van der Waals surface area contributed by atoms with Gasteiger partial charge >= 0.3 is 0 Å². The zero-order valence-corrected chi connectivity index (χ0v) is 10.5. The fourth-order valence-electron chi connectivity index (χ4n) is 1.58. The summed E-state index contributed by atoms with van der Waals surface area (Å²) in [6, 6.07) is 0.458. The van der Waals surface area contributed by atoms with Crippen LogP contribution in [0, 0.1) is 11.6 Å². The standard InChI is InChI=1S/C12H15F2N3O3/c13-8-3-6(18)4-9(14)7(8)1-2-17-12(20)10(15)5-11(16)19/h3-4,10,18H,1-2,5,15H2,(H2,16,19)(H,17,20)/t10-/m1/s1. The Labute approximate surface area is 113 Å². The van der Waals surface area contributed by atoms with Gasteiger partial charge in [-0.1, -0.05) is 0 Å². The Balaban J connectivity index is 2.53. The molecule has 8 heteroatoms. The fraction of sp³-hybridized carbons (Fsp3) is 0.333. The number of carbonyl (C=O) groups excluding carboxylic acids is 2. The van der Waals surface area contributed by atoms with Crippen LogP contribution < -0.4 is 16.8 Å². The van der Waals surface area contributed by atoms with Gasteiger partial charge in [-0.2, -0.15) is 0 Å². The number of benzene rings is 1. The zero-order chi connectivity index (χ0) is 15.3. The van der Waals surface area contributed by atoms with Gasteiger partial charge in [0.15, 0.2) is 0 Å². The van der Waals surface area contributed by atoms with Gasteiger partial charge in [-0.25, -0.2) is 8.78 Å². The van der Waals surface area contributed by atoms with E-state index in [9.17, 15) is 18.4 Å². The molecule has 0 spiro atoms. The predicted octanol–water partition coefficient (Wildman–Crippen LogP) is -0.468. The van der Waals surface area contributed by atoms with E-state index in [4.69, 9.17) is 16.6 Å². The van der Waals surface area contributed by atoms with Crippen molar-refractivity contribution in [2.24, 2.45) is 11.5 Å². The van der Waals surface area contributed by atoms with Gasteiger partial charge in [-0.15, -0.1) is 0 Å². The first-order valence-corrected chi connectivity index (χ1v) is 5.79. The first-order chi connectivity index (χ1) is 9.31. The molecule has 0 radical (unpaired) electrons. The summed E-state index contributed by atoms with van der Waals surface area (Å²) in [5.74, 6) is -3.68. The Morgan fingerprint density at radius 3 is 2.35 bits per heavy atom. The first-order valence-electron chi connectivity index (χ1n) is 5.79. The average Bonchev–Trinajstić information content (AvgIpc) is 2.31. The summed E-state index contributed by atoms with van der Waals surface area (Å²) in [4.78, 5) is 22.0. The monoisotopic (exact) mass is 287 g/mol. The van der Waals surface area contributed by atoms with E-state index in [1.807, 2.05) is 0 Å². The van der Waals surface area contributed by atoms with E-state index in [1.165, 1.54) is 0 Å². The highest BCUT2D eigenvalue weighted by Gasteiger charge is 2.16. The van der Waals surface area contributed by atoms with Crippen molar-refractivity contribution in [1.82, 2.24) is 5.32 Å². The average molecular weight is 287 g/mol. The summed E-state index contributed by atoms with van der Waals surface area (Å²) in [7, 11) is 0. The van der Waals surface area contributed by atoms with Crippen LogP contribution in [0.15, 0.2) is 12.1 Å². The molecule has 6 nitrogen and oxygen atoms in total. The number of carbonyl (C=O) groups is 2. The largest absolute Gasteiger partial charge is 0.508 e. The quantitative estimate of drug-likeness (QED) is 0.565. The molecule has 0 unspecified atom stereocenters. The Morgan fingerprint density at radius 2 is 1.85 bits per heavy atom. The lowest BCUT2D eigenvalue weighted by atomic mass is 10.1. The van der Waals surface area contributed by atoms with E-state index in [0.717, 1.165) is 12.1 Å². The van der Waals surface area contributed by atoms with Crippen molar-refractivity contribution in [2.75, 3.05) is 6.54 Å². The number of amides is 2. The van der Waals surface area contributed by atoms with E-state index in [0.29, 0.717) is 0 Å². The Bertz CT molecular complexity index is 500. The number of hydrogen-bond acceptors (Lipinski definition) is 4. The van der Waals surface area contributed by atoms with Crippen LogP contribution in [0.3, 0.4) is 0 Å². The normalized spacial score (nSPS) is 11.9. The van der Waals surface area contributed by atoms with Crippen molar-refractivity contribution in [3.8, 4) is 5.75 Å². The van der Waals surface area contributed by atoms with E-state index in [1.54, 1.807) is 0 Å². The molecule has 2 amide bonds. The van der Waals surface area contributed by atoms with Crippen LogP contribution in [0.2, 0.25) is 0 Å². The topological polar surface area (TPSA) is 118 Å². The lowest BCUT2D eigenvalue weighted by Gasteiger charge is -2.11. The van der Waals surface area contributed by atoms with Gasteiger partial charge in [0.1, 0.15) is 17.4 Å². The molecule has 1 rings (SSSR count). The molecule has 0 aromatic heterocycles. The molecule has 1 aromatic rings. The van der Waals surface area contributed by atoms with Gasteiger partial charge in [0.2, 0.25) is 11.8 Å². The molecule has 1 atom stereocenters. The number of hydrogen-bond donors (Lipinski definition) is 4. The molecule has 20 heavy (non-hydrogen) atoms. The number of rotatable bonds is 6. The first kappa shape index (κ1) is 15.8. The highest BCUT2D eigenvalue weighted by atomic mass is 19.1. The number of phenolic OH excluding ortho intramolecular Hbond substituents is 1. The van der Waals surface area contributed by atoms with Gasteiger partial charge in [0.05, 0.1) is 12.5 Å². The van der Waals surface area contributed by atoms with Gasteiger partial charge in [-0.3, -0.25) is 9.59 Å². The molecular weight excluding hydrogens is 272 g/mol. The fourth-order valence-corrected chi connectivity index (χ4v) is 1.58. The molecule has 1 aromatic carbocycles. The summed E-state index contributed by atoms with van der Waals surface area (Å²) in [5, 5.41) is 11.3. The molecule has 0 aliphatic heterocycles. The van der Waals surface area contributed by atoms with Crippen molar-refractivity contribution >= 4 is 11.8 Å². The van der Waals surface area contributed by atoms with Gasteiger partial charge < -0.3 is 21.9 Å². The molecular formula is C12H15F2N3O3. The Hall–Kier alpha value is -2.22. The van der Waals surface area contributed by atoms with E-state index in [-0.39, 0.29) is 24.9 Å². The van der Waals surface area contributed by atoms with E-state index in [2.05, 4.69) is 5.32 Å². The maximum Gasteiger partial charge on any atom is 0.237 e. The van der Waals surface area contributed by atoms with E-state index < -0.39 is 35.2 Å². The second kappa shape index (κ2) is 6.80. The number of aromatic hydroxyl groups is 1. The zero-order valence-electron chi connectivity index (χ0n) is 10.5. The second-order valence-corrected chi connectivity index (χ2v) is 4.21. The maximum atomic E-state index is 13.4. The molecule has 6 N–H and O–H groups in total. The van der Waals surface area contributed by atoms with Crippen molar-refractivity contribution in [3.05, 3.63) is 29.3 Å². The second-order valence-electron chi connectivity index (χ2n) is 4.21. The summed E-state index contributed by atoms with van der Waals surface area (Å²) in [5.41, 5.74) is 10.0. The number of nitrogens with one attached hydrogen (secondary N) is 1. The lowest BCUT2D eigenvalue weighted by Crippen LogP contribution is -2.43. The third kappa shape index (κ3) is 4.47. The molecule has 0 aliphatic rings. The third-order valence-corrected chi connectivity index (χ3v) is 2.56. The van der Waals surface area contributed by atoms with Crippen molar-refractivity contribution in [2.45, 2.75) is 18.9 Å². The van der Waals surface area contributed by atoms with Crippen LogP contribution in [0.5, 0.6) is 5.75 Å². The molecule has 0 saturated heterocycles. The van der Waals surface area contributed by atoms with Gasteiger partial charge in [0, 0.05) is 24.2 Å². The van der Waals surface area contributed by atoms with Crippen molar-refractivity contribution in [1.29, 1.82) is 0 Å². The molecule has 110 valence electrons. The van der Waals surface area contributed by atoms with Crippen LogP contribution in [0.4, 0.5) is 8.78 Å². The number of primary amides is 1. The minimum absolute atomic E-state index is 0.0656. The summed E-state index contributed by atoms with van der Waals surface area (Å²) < 4.78 is 26.7. The lowest BCUT2D eigenvalue weighted by molar-refractivity contribution is -0.126. The highest BCUT2D eigenvalue weighted by molar-refractivity contribution is 5.87. The Kier molecular flexibility index (Phi) is 5.39. The summed E-state index contributed by atoms with van der Waals surface area (Å²) in [6.45, 7) is -0.0656. The maximum absolute atomic E-state index is 13.4. The smallest absolute Gasteiger partial charge is 0.237 e. The highest BCUT2D eigenvalue weighted by Crippen LogP contribution is 2.19. The SMILES string of the molecule is NC(=O)C[C@@H](N)C(=O)NCCc1c(F)cc(O)cc1F. The number of nitrogens with two attached hydrogens (primary N) is 2. The van der Waals surface area contributed by atoms with Crippen LogP contribution in [0.25, 0.3) is 0 Å². The van der Waals surface area contributed by atoms with Gasteiger partial charge in [0.25, 0.3) is 0 Å². The molecule has 0 aliphatic carbocycles. The molecule has 0 fully saturated rings. The van der Waals surface area contributed by atoms with Crippen LogP contribution in [0.1, 0.15) is 12.0 Å². The van der Waals surface area contributed by atoms with Gasteiger partial charge in [-0.05, 0) is 6.42 Å². The Morgan fingerprint density at radius 1 is 1.30 bits per heavy atom. The number of phenols is 1. The predicted molar refractivity (Wildman–Crippen MR) is 66.5 cm³/mol. The minimum Gasteiger partial charge on any atom is -0.508 e.